The average molecular weight is 555 g/mol. The van der Waals surface area contributed by atoms with Gasteiger partial charge >= 0.3 is 5.97 Å². The Morgan fingerprint density at radius 2 is 1.49 bits per heavy atom. The van der Waals surface area contributed by atoms with Crippen molar-refractivity contribution in [2.75, 3.05) is 0 Å². The van der Waals surface area contributed by atoms with Gasteiger partial charge in [0.1, 0.15) is 17.3 Å². The molecule has 0 spiro atoms. The largest absolute Gasteiger partial charge is 0.478 e. The van der Waals surface area contributed by atoms with Crippen LogP contribution in [0.1, 0.15) is 28.7 Å². The molecule has 0 saturated carbocycles. The molecule has 39 heavy (non-hydrogen) atoms. The lowest BCUT2D eigenvalue weighted by Gasteiger charge is -2.08. The number of ether oxygens (including phenoxy) is 1. The molecule has 0 radical (unpaired) electrons. The summed E-state index contributed by atoms with van der Waals surface area (Å²) in [5.74, 6) is 1.13. The van der Waals surface area contributed by atoms with E-state index in [1.807, 2.05) is 54.7 Å². The first-order valence-electron chi connectivity index (χ1n) is 12.3. The Hall–Kier alpha value is -4.32. The predicted molar refractivity (Wildman–Crippen MR) is 158 cm³/mol. The number of aromatic carboxylic acids is 1. The third-order valence-corrected chi connectivity index (χ3v) is 6.76. The van der Waals surface area contributed by atoms with Crippen LogP contribution in [0.3, 0.4) is 0 Å². The summed E-state index contributed by atoms with van der Waals surface area (Å²) in [7, 11) is 0. The summed E-state index contributed by atoms with van der Waals surface area (Å²) in [4.78, 5) is 15.8. The van der Waals surface area contributed by atoms with Gasteiger partial charge in [-0.25, -0.2) is 9.78 Å². The highest BCUT2D eigenvalue weighted by molar-refractivity contribution is 6.36. The molecule has 0 amide bonds. The number of hydrogen-bond donors (Lipinski definition) is 1. The van der Waals surface area contributed by atoms with Crippen LogP contribution in [-0.2, 0) is 6.54 Å². The lowest BCUT2D eigenvalue weighted by atomic mass is 10.0. The first-order chi connectivity index (χ1) is 18.9. The summed E-state index contributed by atoms with van der Waals surface area (Å²) in [6.45, 7) is 2.86. The van der Waals surface area contributed by atoms with Crippen molar-refractivity contribution in [1.82, 2.24) is 9.55 Å². The highest BCUT2D eigenvalue weighted by atomic mass is 35.5. The standard InChI is InChI=1S/C32H24Cl2N2O3/c1-2-36-20-30(28-17-12-25(33)19-29(28)34)35-31(36)18-5-21-3-6-22(7-4-21)23-8-13-26(14-9-23)39-27-15-10-24(11-16-27)32(37)38/h3-20H,2H2,1H3,(H,37,38). The molecule has 5 rings (SSSR count). The van der Waals surface area contributed by atoms with Gasteiger partial charge in [0.2, 0.25) is 0 Å². The van der Waals surface area contributed by atoms with Crippen LogP contribution >= 0.6 is 23.2 Å². The van der Waals surface area contributed by atoms with Crippen molar-refractivity contribution < 1.29 is 14.6 Å². The number of carbonyl (C=O) groups is 1. The molecule has 4 aromatic carbocycles. The molecule has 5 aromatic rings. The van der Waals surface area contributed by atoms with Crippen molar-refractivity contribution >= 4 is 41.3 Å². The van der Waals surface area contributed by atoms with Gasteiger partial charge in [-0.3, -0.25) is 0 Å². The van der Waals surface area contributed by atoms with Crippen LogP contribution in [0.15, 0.2) is 97.2 Å². The van der Waals surface area contributed by atoms with Gasteiger partial charge in [0.15, 0.2) is 0 Å². The second-order valence-electron chi connectivity index (χ2n) is 8.81. The fourth-order valence-corrected chi connectivity index (χ4v) is 4.62. The monoisotopic (exact) mass is 554 g/mol. The van der Waals surface area contributed by atoms with Gasteiger partial charge in [-0.05, 0) is 84.3 Å². The fraction of sp³-hybridized carbons (Fsp3) is 0.0625. The zero-order valence-electron chi connectivity index (χ0n) is 21.0. The molecule has 0 atom stereocenters. The van der Waals surface area contributed by atoms with Crippen LogP contribution in [0.4, 0.5) is 0 Å². The molecule has 0 bridgehead atoms. The molecule has 0 aliphatic carbocycles. The van der Waals surface area contributed by atoms with Crippen molar-refractivity contribution in [3.05, 3.63) is 124 Å². The molecule has 7 heteroatoms. The second kappa shape index (κ2) is 11.6. The summed E-state index contributed by atoms with van der Waals surface area (Å²) in [6.07, 6.45) is 6.04. The smallest absolute Gasteiger partial charge is 0.335 e. The topological polar surface area (TPSA) is 64.4 Å². The van der Waals surface area contributed by atoms with E-state index >= 15 is 0 Å². The van der Waals surface area contributed by atoms with E-state index in [4.69, 9.17) is 38.0 Å². The number of aromatic nitrogens is 2. The van der Waals surface area contributed by atoms with Gasteiger partial charge in [0.25, 0.3) is 0 Å². The summed E-state index contributed by atoms with van der Waals surface area (Å²) >= 11 is 12.4. The number of nitrogens with zero attached hydrogens (tertiary/aromatic N) is 2. The van der Waals surface area contributed by atoms with E-state index in [-0.39, 0.29) is 5.56 Å². The third kappa shape index (κ3) is 6.23. The third-order valence-electron chi connectivity index (χ3n) is 6.22. The number of imidazole rings is 1. The first-order valence-corrected chi connectivity index (χ1v) is 13.1. The number of carboxylic acids is 1. The lowest BCUT2D eigenvalue weighted by Crippen LogP contribution is -1.95. The molecule has 194 valence electrons. The molecular weight excluding hydrogens is 531 g/mol. The number of carboxylic acid groups (broad SMARTS) is 1. The fourth-order valence-electron chi connectivity index (χ4n) is 4.12. The molecule has 5 nitrogen and oxygen atoms in total. The Morgan fingerprint density at radius 1 is 0.872 bits per heavy atom. The maximum atomic E-state index is 11.0. The van der Waals surface area contributed by atoms with Gasteiger partial charge in [-0.1, -0.05) is 65.7 Å². The number of halogens is 2. The zero-order chi connectivity index (χ0) is 27.4. The van der Waals surface area contributed by atoms with Crippen molar-refractivity contribution in [1.29, 1.82) is 0 Å². The maximum absolute atomic E-state index is 11.0. The Labute approximate surface area is 236 Å². The summed E-state index contributed by atoms with van der Waals surface area (Å²) in [5.41, 5.74) is 5.07. The van der Waals surface area contributed by atoms with Crippen molar-refractivity contribution in [2.24, 2.45) is 0 Å². The minimum absolute atomic E-state index is 0.221. The molecule has 0 fully saturated rings. The first kappa shape index (κ1) is 26.3. The summed E-state index contributed by atoms with van der Waals surface area (Å²) < 4.78 is 7.91. The number of benzene rings is 4. The normalized spacial score (nSPS) is 11.2. The van der Waals surface area contributed by atoms with Crippen LogP contribution in [0.5, 0.6) is 11.5 Å². The summed E-state index contributed by atoms with van der Waals surface area (Å²) in [5, 5.41) is 10.2. The van der Waals surface area contributed by atoms with E-state index in [0.29, 0.717) is 21.5 Å². The lowest BCUT2D eigenvalue weighted by molar-refractivity contribution is 0.0697. The van der Waals surface area contributed by atoms with E-state index in [1.165, 1.54) is 12.1 Å². The zero-order valence-corrected chi connectivity index (χ0v) is 22.5. The van der Waals surface area contributed by atoms with Crippen molar-refractivity contribution in [3.8, 4) is 33.9 Å². The Kier molecular flexibility index (Phi) is 7.82. The summed E-state index contributed by atoms with van der Waals surface area (Å²) in [6, 6.07) is 27.8. The van der Waals surface area contributed by atoms with Crippen LogP contribution < -0.4 is 4.74 Å². The molecular formula is C32H24Cl2N2O3. The Morgan fingerprint density at radius 3 is 2.08 bits per heavy atom. The molecule has 1 N–H and O–H groups in total. The van der Waals surface area contributed by atoms with Gasteiger partial charge in [-0.2, -0.15) is 0 Å². The molecule has 1 heterocycles. The van der Waals surface area contributed by atoms with E-state index in [9.17, 15) is 4.79 Å². The van der Waals surface area contributed by atoms with Gasteiger partial charge in [0, 0.05) is 23.3 Å². The average Bonchev–Trinajstić information content (AvgIpc) is 3.36. The molecule has 0 aliphatic rings. The predicted octanol–water partition coefficient (Wildman–Crippen LogP) is 9.20. The highest BCUT2D eigenvalue weighted by Crippen LogP contribution is 2.30. The van der Waals surface area contributed by atoms with E-state index < -0.39 is 5.97 Å². The second-order valence-corrected chi connectivity index (χ2v) is 9.65. The number of rotatable bonds is 8. The molecule has 0 aliphatic heterocycles. The van der Waals surface area contributed by atoms with Crippen LogP contribution in [0.2, 0.25) is 10.0 Å². The van der Waals surface area contributed by atoms with Gasteiger partial charge in [-0.15, -0.1) is 0 Å². The quantitative estimate of drug-likeness (QED) is 0.207. The van der Waals surface area contributed by atoms with Crippen LogP contribution in [0, 0.1) is 0 Å². The number of aryl methyl sites for hydroxylation is 1. The molecule has 0 saturated heterocycles. The SMILES string of the molecule is CCn1cc(-c2ccc(Cl)cc2Cl)nc1C=Cc1ccc(-c2ccc(Oc3ccc(C(=O)O)cc3)cc2)cc1. The highest BCUT2D eigenvalue weighted by Gasteiger charge is 2.11. The van der Waals surface area contributed by atoms with Gasteiger partial charge in [0.05, 0.1) is 16.3 Å². The number of hydrogen-bond acceptors (Lipinski definition) is 3. The van der Waals surface area contributed by atoms with Crippen LogP contribution in [0.25, 0.3) is 34.5 Å². The van der Waals surface area contributed by atoms with E-state index in [2.05, 4.69) is 35.8 Å². The maximum Gasteiger partial charge on any atom is 0.335 e. The van der Waals surface area contributed by atoms with Crippen molar-refractivity contribution in [2.45, 2.75) is 13.5 Å². The molecule has 0 unspecified atom stereocenters. The van der Waals surface area contributed by atoms with Crippen LogP contribution in [-0.4, -0.2) is 20.6 Å². The van der Waals surface area contributed by atoms with Gasteiger partial charge < -0.3 is 14.4 Å². The van der Waals surface area contributed by atoms with E-state index in [0.717, 1.165) is 40.3 Å². The Balaban J connectivity index is 1.27. The minimum atomic E-state index is -0.965. The Bertz CT molecular complexity index is 1640. The van der Waals surface area contributed by atoms with Crippen molar-refractivity contribution in [3.63, 3.8) is 0 Å². The minimum Gasteiger partial charge on any atom is -0.478 e. The van der Waals surface area contributed by atoms with E-state index in [1.54, 1.807) is 18.2 Å². The molecule has 1 aromatic heterocycles.